The van der Waals surface area contributed by atoms with Gasteiger partial charge in [0.1, 0.15) is 0 Å². The van der Waals surface area contributed by atoms with Gasteiger partial charge in [0.05, 0.1) is 4.90 Å². The fourth-order valence-electron chi connectivity index (χ4n) is 3.95. The first kappa shape index (κ1) is 31.7. The van der Waals surface area contributed by atoms with E-state index in [1.807, 2.05) is 36.4 Å². The molecule has 2 aromatic carbocycles. The third-order valence-electron chi connectivity index (χ3n) is 6.11. The Morgan fingerprint density at radius 2 is 1.00 bits per heavy atom. The first-order valence-corrected chi connectivity index (χ1v) is 15.3. The number of nitrogens with two attached hydrogens (primary N) is 1. The Morgan fingerprint density at radius 3 is 1.39 bits per heavy atom. The maximum atomic E-state index is 12.1. The normalized spacial score (nSPS) is 10.9. The highest BCUT2D eigenvalue weighted by Crippen LogP contribution is 2.14. The Labute approximate surface area is 220 Å². The molecule has 1 amide bonds. The predicted molar refractivity (Wildman–Crippen MR) is 152 cm³/mol. The van der Waals surface area contributed by atoms with E-state index in [4.69, 9.17) is 5.73 Å². The summed E-state index contributed by atoms with van der Waals surface area (Å²) in [6, 6.07) is 17.8. The largest absolute Gasteiger partial charge is 0.399 e. The van der Waals surface area contributed by atoms with E-state index < -0.39 is 15.9 Å². The molecule has 0 aliphatic rings. The highest BCUT2D eigenvalue weighted by molar-refractivity contribution is 7.90. The van der Waals surface area contributed by atoms with Crippen LogP contribution >= 0.6 is 0 Å². The highest BCUT2D eigenvalue weighted by atomic mass is 32.2. The molecule has 0 aliphatic heterocycles. The minimum Gasteiger partial charge on any atom is -0.399 e. The number of hydrogen-bond donors (Lipinski definition) is 2. The molecule has 2 rings (SSSR count). The SMILES string of the molecule is CCCCCCCCCCCCCCCCCC(=O)NS(=O)(=O)c1ccc(N)cc1.c1ccccc1. The van der Waals surface area contributed by atoms with Gasteiger partial charge in [0, 0.05) is 12.1 Å². The van der Waals surface area contributed by atoms with Crippen molar-refractivity contribution in [2.45, 2.75) is 115 Å². The smallest absolute Gasteiger partial charge is 0.264 e. The molecule has 2 aromatic rings. The van der Waals surface area contributed by atoms with Gasteiger partial charge >= 0.3 is 0 Å². The summed E-state index contributed by atoms with van der Waals surface area (Å²) >= 11 is 0. The molecule has 0 bridgehead atoms. The first-order chi connectivity index (χ1) is 17.5. The Hall–Kier alpha value is -2.34. The quantitative estimate of drug-likeness (QED) is 0.155. The number of unbranched alkanes of at least 4 members (excludes halogenated alkanes) is 14. The third kappa shape index (κ3) is 17.1. The summed E-state index contributed by atoms with van der Waals surface area (Å²) in [7, 11) is -3.80. The van der Waals surface area contributed by atoms with Crippen LogP contribution in [0, 0.1) is 0 Å². The Balaban J connectivity index is 0.000000936. The molecular weight excluding hydrogens is 468 g/mol. The second kappa shape index (κ2) is 20.8. The van der Waals surface area contributed by atoms with Crippen molar-refractivity contribution in [1.82, 2.24) is 4.72 Å². The highest BCUT2D eigenvalue weighted by Gasteiger charge is 2.16. The van der Waals surface area contributed by atoms with Crippen LogP contribution in [0.5, 0.6) is 0 Å². The Kier molecular flexibility index (Phi) is 18.3. The summed E-state index contributed by atoms with van der Waals surface area (Å²) in [4.78, 5) is 12.0. The predicted octanol–water partition coefficient (Wildman–Crippen LogP) is 8.02. The van der Waals surface area contributed by atoms with Gasteiger partial charge in [-0.1, -0.05) is 133 Å². The number of sulfonamides is 1. The summed E-state index contributed by atoms with van der Waals surface area (Å²) in [6.07, 6.45) is 19.2. The maximum absolute atomic E-state index is 12.1. The van der Waals surface area contributed by atoms with Gasteiger partial charge in [-0.05, 0) is 30.7 Å². The number of carbonyl (C=O) groups excluding carboxylic acids is 1. The van der Waals surface area contributed by atoms with E-state index in [0.717, 1.165) is 19.3 Å². The standard InChI is InChI=1S/C24H42N2O3S.C6H6/c1-2-3-4-5-6-7-8-9-10-11-12-13-14-15-16-17-24(27)26-30(28,29)23-20-18-22(25)19-21-23;1-2-4-6-5-3-1/h18-21H,2-17,25H2,1H3,(H,26,27);1-6H. The number of carbonyl (C=O) groups is 1. The molecule has 0 spiro atoms. The van der Waals surface area contributed by atoms with Gasteiger partial charge in [0.15, 0.2) is 0 Å². The second-order valence-electron chi connectivity index (χ2n) is 9.45. The van der Waals surface area contributed by atoms with Gasteiger partial charge in [-0.3, -0.25) is 4.79 Å². The van der Waals surface area contributed by atoms with Crippen molar-refractivity contribution in [2.24, 2.45) is 0 Å². The molecule has 36 heavy (non-hydrogen) atoms. The number of benzene rings is 2. The van der Waals surface area contributed by atoms with Crippen LogP contribution in [0.1, 0.15) is 110 Å². The third-order valence-corrected chi connectivity index (χ3v) is 7.50. The lowest BCUT2D eigenvalue weighted by atomic mass is 10.0. The summed E-state index contributed by atoms with van der Waals surface area (Å²) in [5.41, 5.74) is 6.04. The van der Waals surface area contributed by atoms with Gasteiger partial charge < -0.3 is 5.73 Å². The van der Waals surface area contributed by atoms with Gasteiger partial charge in [-0.15, -0.1) is 0 Å². The Bertz CT molecular complexity index is 857. The number of nitrogens with one attached hydrogen (secondary N) is 1. The van der Waals surface area contributed by atoms with Crippen molar-refractivity contribution >= 4 is 21.6 Å². The van der Waals surface area contributed by atoms with E-state index in [-0.39, 0.29) is 11.3 Å². The zero-order valence-corrected chi connectivity index (χ0v) is 23.1. The molecule has 202 valence electrons. The lowest BCUT2D eigenvalue weighted by Gasteiger charge is -2.07. The van der Waals surface area contributed by atoms with Crippen molar-refractivity contribution in [3.05, 3.63) is 60.7 Å². The van der Waals surface area contributed by atoms with Gasteiger partial charge in [-0.25, -0.2) is 13.1 Å². The molecule has 0 aliphatic carbocycles. The van der Waals surface area contributed by atoms with E-state index >= 15 is 0 Å². The molecule has 5 nitrogen and oxygen atoms in total. The number of nitrogen functional groups attached to an aromatic ring is 1. The summed E-state index contributed by atoms with van der Waals surface area (Å²) in [5.74, 6) is -0.443. The summed E-state index contributed by atoms with van der Waals surface area (Å²) in [5, 5.41) is 0. The minimum absolute atomic E-state index is 0.0570. The fourth-order valence-corrected chi connectivity index (χ4v) is 4.96. The molecule has 0 aromatic heterocycles. The molecule has 6 heteroatoms. The lowest BCUT2D eigenvalue weighted by molar-refractivity contribution is -0.119. The molecule has 0 atom stereocenters. The molecule has 0 heterocycles. The zero-order chi connectivity index (χ0) is 26.3. The van der Waals surface area contributed by atoms with Crippen molar-refractivity contribution in [1.29, 1.82) is 0 Å². The molecule has 3 N–H and O–H groups in total. The van der Waals surface area contributed by atoms with Crippen molar-refractivity contribution in [2.75, 3.05) is 5.73 Å². The average molecular weight is 517 g/mol. The lowest BCUT2D eigenvalue weighted by Crippen LogP contribution is -2.30. The van der Waals surface area contributed by atoms with Crippen LogP contribution in [0.15, 0.2) is 65.6 Å². The maximum Gasteiger partial charge on any atom is 0.264 e. The molecule has 0 saturated carbocycles. The van der Waals surface area contributed by atoms with Crippen LogP contribution in [0.2, 0.25) is 0 Å². The van der Waals surface area contributed by atoms with Crippen LogP contribution < -0.4 is 10.5 Å². The molecule has 0 radical (unpaired) electrons. The van der Waals surface area contributed by atoms with Crippen LogP contribution in [0.3, 0.4) is 0 Å². The van der Waals surface area contributed by atoms with Crippen LogP contribution in [-0.2, 0) is 14.8 Å². The molecule has 0 unspecified atom stereocenters. The monoisotopic (exact) mass is 516 g/mol. The zero-order valence-electron chi connectivity index (χ0n) is 22.3. The van der Waals surface area contributed by atoms with E-state index in [2.05, 4.69) is 11.6 Å². The Morgan fingerprint density at radius 1 is 0.639 bits per heavy atom. The van der Waals surface area contributed by atoms with E-state index in [1.54, 1.807) is 0 Å². The minimum atomic E-state index is -3.80. The van der Waals surface area contributed by atoms with Crippen LogP contribution in [0.25, 0.3) is 0 Å². The molecule has 0 fully saturated rings. The van der Waals surface area contributed by atoms with Gasteiger partial charge in [-0.2, -0.15) is 0 Å². The van der Waals surface area contributed by atoms with Gasteiger partial charge in [0.2, 0.25) is 5.91 Å². The summed E-state index contributed by atoms with van der Waals surface area (Å²) < 4.78 is 26.4. The van der Waals surface area contributed by atoms with Crippen LogP contribution in [-0.4, -0.2) is 14.3 Å². The molecule has 0 saturated heterocycles. The van der Waals surface area contributed by atoms with Crippen molar-refractivity contribution < 1.29 is 13.2 Å². The van der Waals surface area contributed by atoms with Gasteiger partial charge in [0.25, 0.3) is 10.0 Å². The summed E-state index contributed by atoms with van der Waals surface area (Å²) in [6.45, 7) is 2.26. The van der Waals surface area contributed by atoms with E-state index in [1.165, 1.54) is 101 Å². The number of hydrogen-bond acceptors (Lipinski definition) is 4. The molecular formula is C30H48N2O3S. The average Bonchev–Trinajstić information content (AvgIpc) is 2.88. The van der Waals surface area contributed by atoms with E-state index in [9.17, 15) is 13.2 Å². The number of anilines is 1. The van der Waals surface area contributed by atoms with Crippen molar-refractivity contribution in [3.63, 3.8) is 0 Å². The number of amides is 1. The first-order valence-electron chi connectivity index (χ1n) is 13.9. The topological polar surface area (TPSA) is 89.3 Å². The van der Waals surface area contributed by atoms with Crippen LogP contribution in [0.4, 0.5) is 5.69 Å². The fraction of sp³-hybridized carbons (Fsp3) is 0.567. The number of rotatable bonds is 18. The second-order valence-corrected chi connectivity index (χ2v) is 11.1. The van der Waals surface area contributed by atoms with E-state index in [0.29, 0.717) is 5.69 Å². The van der Waals surface area contributed by atoms with Crippen molar-refractivity contribution in [3.8, 4) is 0 Å².